The van der Waals surface area contributed by atoms with E-state index >= 15 is 0 Å². The zero-order chi connectivity index (χ0) is 17.8. The number of allylic oxidation sites excluding steroid dienone is 1. The predicted octanol–water partition coefficient (Wildman–Crippen LogP) is 2.59. The van der Waals surface area contributed by atoms with Crippen LogP contribution in [0.15, 0.2) is 60.8 Å². The molecule has 25 heavy (non-hydrogen) atoms. The molecule has 0 aliphatic rings. The van der Waals surface area contributed by atoms with Crippen molar-refractivity contribution in [2.45, 2.75) is 0 Å². The van der Waals surface area contributed by atoms with E-state index in [-0.39, 0.29) is 22.7 Å². The Bertz CT molecular complexity index is 918. The highest BCUT2D eigenvalue weighted by atomic mass is 19.1. The minimum absolute atomic E-state index is 0.232. The summed E-state index contributed by atoms with van der Waals surface area (Å²) in [7, 11) is 3.57. The van der Waals surface area contributed by atoms with E-state index in [1.54, 1.807) is 31.3 Å². The molecule has 7 heteroatoms. The molecule has 0 N–H and O–H groups in total. The molecule has 0 aliphatic heterocycles. The molecule has 0 radical (unpaired) electrons. The van der Waals surface area contributed by atoms with Crippen molar-refractivity contribution in [1.82, 2.24) is 25.1 Å². The van der Waals surface area contributed by atoms with Crippen molar-refractivity contribution in [2.75, 3.05) is 14.1 Å². The van der Waals surface area contributed by atoms with Gasteiger partial charge in [-0.25, -0.2) is 4.39 Å². The molecule has 0 fully saturated rings. The number of hydrogen-bond donors (Lipinski definition) is 0. The van der Waals surface area contributed by atoms with Crippen LogP contribution in [0, 0.1) is 5.82 Å². The number of rotatable bonds is 5. The maximum absolute atomic E-state index is 13.5. The average Bonchev–Trinajstić information content (AvgIpc) is 3.09. The summed E-state index contributed by atoms with van der Waals surface area (Å²) in [4.78, 5) is 14.7. The molecule has 0 saturated heterocycles. The summed E-state index contributed by atoms with van der Waals surface area (Å²) >= 11 is 0. The van der Waals surface area contributed by atoms with Gasteiger partial charge in [0.25, 0.3) is 0 Å². The van der Waals surface area contributed by atoms with Gasteiger partial charge in [-0.1, -0.05) is 30.3 Å². The van der Waals surface area contributed by atoms with Crippen LogP contribution in [0.25, 0.3) is 11.3 Å². The first-order chi connectivity index (χ1) is 12.1. The van der Waals surface area contributed by atoms with Gasteiger partial charge in [0.1, 0.15) is 5.82 Å². The van der Waals surface area contributed by atoms with Gasteiger partial charge in [-0.15, -0.1) is 5.10 Å². The SMILES string of the molecule is CN(C)C=C(C(=O)c1cccc(F)c1)c1nnnn1-c1ccccc1. The van der Waals surface area contributed by atoms with Crippen molar-refractivity contribution in [1.29, 1.82) is 0 Å². The van der Waals surface area contributed by atoms with E-state index in [2.05, 4.69) is 15.5 Å². The molecule has 2 aromatic carbocycles. The zero-order valence-electron chi connectivity index (χ0n) is 13.8. The quantitative estimate of drug-likeness (QED) is 0.529. The van der Waals surface area contributed by atoms with Crippen LogP contribution in [-0.4, -0.2) is 45.0 Å². The number of hydrogen-bond acceptors (Lipinski definition) is 5. The summed E-state index contributed by atoms with van der Waals surface area (Å²) in [5.41, 5.74) is 1.22. The molecule has 3 aromatic rings. The predicted molar refractivity (Wildman–Crippen MR) is 91.5 cm³/mol. The second kappa shape index (κ2) is 7.04. The van der Waals surface area contributed by atoms with Crippen molar-refractivity contribution in [2.24, 2.45) is 0 Å². The summed E-state index contributed by atoms with van der Waals surface area (Å²) in [5, 5.41) is 11.7. The van der Waals surface area contributed by atoms with Crippen molar-refractivity contribution in [3.8, 4) is 5.69 Å². The Morgan fingerprint density at radius 1 is 1.12 bits per heavy atom. The molecule has 0 spiro atoms. The molecule has 0 bridgehead atoms. The Hall–Kier alpha value is -3.35. The van der Waals surface area contributed by atoms with E-state index < -0.39 is 5.82 Å². The van der Waals surface area contributed by atoms with Gasteiger partial charge >= 0.3 is 0 Å². The number of Topliss-reactive ketones (excluding diaryl/α,β-unsaturated/α-hetero) is 1. The fourth-order valence-corrected chi connectivity index (χ4v) is 2.36. The Labute approximate surface area is 144 Å². The molecule has 0 saturated carbocycles. The lowest BCUT2D eigenvalue weighted by atomic mass is 10.0. The van der Waals surface area contributed by atoms with E-state index in [1.807, 2.05) is 30.3 Å². The maximum Gasteiger partial charge on any atom is 0.198 e. The van der Waals surface area contributed by atoms with Crippen LogP contribution in [0.3, 0.4) is 0 Å². The molecule has 0 unspecified atom stereocenters. The fraction of sp³-hybridized carbons (Fsp3) is 0.111. The number of tetrazole rings is 1. The van der Waals surface area contributed by atoms with Gasteiger partial charge in [0, 0.05) is 25.9 Å². The number of para-hydroxylation sites is 1. The number of carbonyl (C=O) groups excluding carboxylic acids is 1. The van der Waals surface area contributed by atoms with Crippen LogP contribution in [0.2, 0.25) is 0 Å². The summed E-state index contributed by atoms with van der Waals surface area (Å²) in [5.74, 6) is -0.549. The Morgan fingerprint density at radius 3 is 2.56 bits per heavy atom. The number of benzene rings is 2. The molecule has 0 aliphatic carbocycles. The van der Waals surface area contributed by atoms with Gasteiger partial charge in [0.05, 0.1) is 11.3 Å². The van der Waals surface area contributed by atoms with Gasteiger partial charge in [0.2, 0.25) is 0 Å². The summed E-state index contributed by atoms with van der Waals surface area (Å²) in [6.07, 6.45) is 1.62. The van der Waals surface area contributed by atoms with Crippen LogP contribution < -0.4 is 0 Å². The topological polar surface area (TPSA) is 63.9 Å². The van der Waals surface area contributed by atoms with Crippen LogP contribution >= 0.6 is 0 Å². The smallest absolute Gasteiger partial charge is 0.198 e. The minimum atomic E-state index is -0.474. The molecular formula is C18H16FN5O. The Morgan fingerprint density at radius 2 is 1.88 bits per heavy atom. The molecular weight excluding hydrogens is 321 g/mol. The van der Waals surface area contributed by atoms with E-state index in [0.29, 0.717) is 0 Å². The Kier molecular flexibility index (Phi) is 4.65. The van der Waals surface area contributed by atoms with Gasteiger partial charge in [0.15, 0.2) is 11.6 Å². The lowest BCUT2D eigenvalue weighted by Gasteiger charge is -2.12. The second-order valence-electron chi connectivity index (χ2n) is 5.60. The van der Waals surface area contributed by atoms with Gasteiger partial charge in [-0.05, 0) is 34.7 Å². The molecule has 3 rings (SSSR count). The lowest BCUT2D eigenvalue weighted by Crippen LogP contribution is -2.13. The molecule has 6 nitrogen and oxygen atoms in total. The highest BCUT2D eigenvalue weighted by Gasteiger charge is 2.22. The largest absolute Gasteiger partial charge is 0.383 e. The molecule has 126 valence electrons. The van der Waals surface area contributed by atoms with Gasteiger partial charge in [-0.2, -0.15) is 4.68 Å². The first kappa shape index (κ1) is 16.5. The Balaban J connectivity index is 2.10. The molecule has 0 amide bonds. The van der Waals surface area contributed by atoms with Gasteiger partial charge < -0.3 is 4.90 Å². The van der Waals surface area contributed by atoms with Crippen molar-refractivity contribution in [3.05, 3.63) is 78.0 Å². The zero-order valence-corrected chi connectivity index (χ0v) is 13.8. The van der Waals surface area contributed by atoms with E-state index in [0.717, 1.165) is 5.69 Å². The first-order valence-electron chi connectivity index (χ1n) is 7.59. The van der Waals surface area contributed by atoms with Crippen molar-refractivity contribution in [3.63, 3.8) is 0 Å². The summed E-state index contributed by atoms with van der Waals surface area (Å²) in [6, 6.07) is 14.8. The van der Waals surface area contributed by atoms with Crippen LogP contribution in [0.5, 0.6) is 0 Å². The fourth-order valence-electron chi connectivity index (χ4n) is 2.36. The van der Waals surface area contributed by atoms with Crippen molar-refractivity contribution >= 4 is 11.4 Å². The third kappa shape index (κ3) is 3.60. The summed E-state index contributed by atoms with van der Waals surface area (Å²) < 4.78 is 15.0. The van der Waals surface area contributed by atoms with Crippen LogP contribution in [-0.2, 0) is 0 Å². The normalized spacial score (nSPS) is 11.4. The van der Waals surface area contributed by atoms with E-state index in [4.69, 9.17) is 0 Å². The second-order valence-corrected chi connectivity index (χ2v) is 5.60. The average molecular weight is 337 g/mol. The number of halogens is 1. The number of nitrogens with zero attached hydrogens (tertiary/aromatic N) is 5. The number of ketones is 1. The first-order valence-corrected chi connectivity index (χ1v) is 7.59. The van der Waals surface area contributed by atoms with Gasteiger partial charge in [-0.3, -0.25) is 4.79 Å². The van der Waals surface area contributed by atoms with E-state index in [1.165, 1.54) is 22.9 Å². The van der Waals surface area contributed by atoms with Crippen molar-refractivity contribution < 1.29 is 9.18 Å². The summed E-state index contributed by atoms with van der Waals surface area (Å²) in [6.45, 7) is 0. The monoisotopic (exact) mass is 337 g/mol. The third-order valence-electron chi connectivity index (χ3n) is 3.43. The third-order valence-corrected chi connectivity index (χ3v) is 3.43. The standard InChI is InChI=1S/C18H16FN5O/c1-23(2)12-16(17(25)13-7-6-8-14(19)11-13)18-20-21-22-24(18)15-9-4-3-5-10-15/h3-12H,1-2H3. The minimum Gasteiger partial charge on any atom is -0.383 e. The molecule has 1 aromatic heterocycles. The lowest BCUT2D eigenvalue weighted by molar-refractivity contribution is 0.105. The maximum atomic E-state index is 13.5. The van der Waals surface area contributed by atoms with E-state index in [9.17, 15) is 9.18 Å². The number of aromatic nitrogens is 4. The molecule has 1 heterocycles. The molecule has 0 atom stereocenters. The highest BCUT2D eigenvalue weighted by Crippen LogP contribution is 2.21. The number of carbonyl (C=O) groups is 1. The highest BCUT2D eigenvalue weighted by molar-refractivity contribution is 6.28. The van der Waals surface area contributed by atoms with Crippen LogP contribution in [0.1, 0.15) is 16.2 Å². The van der Waals surface area contributed by atoms with Crippen LogP contribution in [0.4, 0.5) is 4.39 Å².